The lowest BCUT2D eigenvalue weighted by atomic mass is 10.2. The summed E-state index contributed by atoms with van der Waals surface area (Å²) in [5.41, 5.74) is 1.08. The van der Waals surface area contributed by atoms with Crippen LogP contribution < -0.4 is 14.8 Å². The SMILES string of the molecule is COc1ccc(C(=O)Nc2ccc(Br)c(Cl)c2)cc1OC. The van der Waals surface area contributed by atoms with Crippen molar-refractivity contribution in [3.8, 4) is 11.5 Å². The van der Waals surface area contributed by atoms with Gasteiger partial charge in [0.2, 0.25) is 0 Å². The van der Waals surface area contributed by atoms with Gasteiger partial charge in [-0.05, 0) is 52.3 Å². The van der Waals surface area contributed by atoms with Gasteiger partial charge in [-0.1, -0.05) is 11.6 Å². The molecule has 0 saturated heterocycles. The molecular weight excluding hydrogens is 358 g/mol. The molecular formula is C15H13BrClNO3. The second-order valence-electron chi connectivity index (χ2n) is 4.15. The van der Waals surface area contributed by atoms with Gasteiger partial charge >= 0.3 is 0 Å². The van der Waals surface area contributed by atoms with E-state index in [2.05, 4.69) is 21.2 Å². The van der Waals surface area contributed by atoms with Crippen LogP contribution in [0.25, 0.3) is 0 Å². The number of rotatable bonds is 4. The summed E-state index contributed by atoms with van der Waals surface area (Å²) in [7, 11) is 3.06. The predicted molar refractivity (Wildman–Crippen MR) is 86.7 cm³/mol. The molecule has 6 heteroatoms. The van der Waals surface area contributed by atoms with Crippen LogP contribution in [0, 0.1) is 0 Å². The normalized spacial score (nSPS) is 10.1. The second kappa shape index (κ2) is 6.83. The Bertz CT molecular complexity index is 676. The highest BCUT2D eigenvalue weighted by Gasteiger charge is 2.11. The summed E-state index contributed by atoms with van der Waals surface area (Å²) in [6.07, 6.45) is 0. The molecule has 2 rings (SSSR count). The number of carbonyl (C=O) groups is 1. The molecule has 1 N–H and O–H groups in total. The first kappa shape index (κ1) is 15.7. The molecule has 110 valence electrons. The standard InChI is InChI=1S/C15H13BrClNO3/c1-20-13-6-3-9(7-14(13)21-2)15(19)18-10-4-5-11(16)12(17)8-10/h3-8H,1-2H3,(H,18,19). The van der Waals surface area contributed by atoms with Crippen LogP contribution in [0.5, 0.6) is 11.5 Å². The van der Waals surface area contributed by atoms with Gasteiger partial charge in [-0.15, -0.1) is 0 Å². The van der Waals surface area contributed by atoms with Crippen LogP contribution >= 0.6 is 27.5 Å². The zero-order valence-corrected chi connectivity index (χ0v) is 13.8. The maximum absolute atomic E-state index is 12.2. The molecule has 0 saturated carbocycles. The smallest absolute Gasteiger partial charge is 0.255 e. The van der Waals surface area contributed by atoms with E-state index in [1.54, 1.807) is 43.5 Å². The third kappa shape index (κ3) is 3.68. The fourth-order valence-corrected chi connectivity index (χ4v) is 2.18. The number of nitrogens with one attached hydrogen (secondary N) is 1. The van der Waals surface area contributed by atoms with Crippen LogP contribution in [-0.4, -0.2) is 20.1 Å². The first-order valence-corrected chi connectivity index (χ1v) is 7.20. The fraction of sp³-hybridized carbons (Fsp3) is 0.133. The number of hydrogen-bond donors (Lipinski definition) is 1. The van der Waals surface area contributed by atoms with Crippen molar-refractivity contribution < 1.29 is 14.3 Å². The van der Waals surface area contributed by atoms with E-state index in [0.29, 0.717) is 27.8 Å². The minimum absolute atomic E-state index is 0.255. The number of carbonyl (C=O) groups excluding carboxylic acids is 1. The summed E-state index contributed by atoms with van der Waals surface area (Å²) in [5, 5.41) is 3.30. The molecule has 0 bridgehead atoms. The Morgan fingerprint density at radius 3 is 2.43 bits per heavy atom. The Morgan fingerprint density at radius 2 is 1.81 bits per heavy atom. The van der Waals surface area contributed by atoms with E-state index in [1.807, 2.05) is 0 Å². The summed E-state index contributed by atoms with van der Waals surface area (Å²) < 4.78 is 11.1. The lowest BCUT2D eigenvalue weighted by Crippen LogP contribution is -2.12. The summed E-state index contributed by atoms with van der Waals surface area (Å²) in [5.74, 6) is 0.814. The molecule has 0 atom stereocenters. The largest absolute Gasteiger partial charge is 0.493 e. The first-order valence-electron chi connectivity index (χ1n) is 6.03. The Morgan fingerprint density at radius 1 is 1.10 bits per heavy atom. The van der Waals surface area contributed by atoms with Crippen LogP contribution in [0.2, 0.25) is 5.02 Å². The third-order valence-corrected chi connectivity index (χ3v) is 4.06. The Hall–Kier alpha value is -1.72. The van der Waals surface area contributed by atoms with E-state index >= 15 is 0 Å². The molecule has 0 unspecified atom stereocenters. The van der Waals surface area contributed by atoms with Crippen molar-refractivity contribution in [1.82, 2.24) is 0 Å². The van der Waals surface area contributed by atoms with E-state index < -0.39 is 0 Å². The Kier molecular flexibility index (Phi) is 5.09. The molecule has 21 heavy (non-hydrogen) atoms. The molecule has 0 heterocycles. The van der Waals surface area contributed by atoms with Crippen molar-refractivity contribution >= 4 is 39.1 Å². The molecule has 0 spiro atoms. The zero-order valence-electron chi connectivity index (χ0n) is 11.4. The van der Waals surface area contributed by atoms with E-state index in [9.17, 15) is 4.79 Å². The van der Waals surface area contributed by atoms with E-state index in [0.717, 1.165) is 4.47 Å². The van der Waals surface area contributed by atoms with Crippen molar-refractivity contribution in [2.45, 2.75) is 0 Å². The molecule has 2 aromatic carbocycles. The number of anilines is 1. The minimum atomic E-state index is -0.255. The van der Waals surface area contributed by atoms with Gasteiger partial charge in [-0.25, -0.2) is 0 Å². The van der Waals surface area contributed by atoms with Gasteiger partial charge in [-0.3, -0.25) is 4.79 Å². The molecule has 0 fully saturated rings. The van der Waals surface area contributed by atoms with E-state index in [4.69, 9.17) is 21.1 Å². The van der Waals surface area contributed by atoms with Gasteiger partial charge in [-0.2, -0.15) is 0 Å². The average molecular weight is 371 g/mol. The predicted octanol–water partition coefficient (Wildman–Crippen LogP) is 4.37. The molecule has 0 aliphatic heterocycles. The number of methoxy groups -OCH3 is 2. The van der Waals surface area contributed by atoms with Gasteiger partial charge in [0.05, 0.1) is 19.2 Å². The highest BCUT2D eigenvalue weighted by atomic mass is 79.9. The van der Waals surface area contributed by atoms with Gasteiger partial charge < -0.3 is 14.8 Å². The van der Waals surface area contributed by atoms with Gasteiger partial charge in [0.15, 0.2) is 11.5 Å². The summed E-state index contributed by atoms with van der Waals surface area (Å²) in [4.78, 5) is 12.2. The zero-order chi connectivity index (χ0) is 15.4. The monoisotopic (exact) mass is 369 g/mol. The van der Waals surface area contributed by atoms with Crippen molar-refractivity contribution in [3.63, 3.8) is 0 Å². The van der Waals surface area contributed by atoms with Crippen LogP contribution in [0.1, 0.15) is 10.4 Å². The summed E-state index contributed by atoms with van der Waals surface area (Å²) >= 11 is 9.30. The quantitative estimate of drug-likeness (QED) is 0.869. The summed E-state index contributed by atoms with van der Waals surface area (Å²) in [6, 6.07) is 10.2. The molecule has 1 amide bonds. The molecule has 2 aromatic rings. The minimum Gasteiger partial charge on any atom is -0.493 e. The first-order chi connectivity index (χ1) is 10.0. The number of ether oxygens (including phenoxy) is 2. The maximum Gasteiger partial charge on any atom is 0.255 e. The highest BCUT2D eigenvalue weighted by Crippen LogP contribution is 2.29. The van der Waals surface area contributed by atoms with Crippen molar-refractivity contribution in [1.29, 1.82) is 0 Å². The van der Waals surface area contributed by atoms with Gasteiger partial charge in [0, 0.05) is 15.7 Å². The molecule has 0 aliphatic rings. The molecule has 4 nitrogen and oxygen atoms in total. The Labute approximate surface area is 136 Å². The number of hydrogen-bond acceptors (Lipinski definition) is 3. The lowest BCUT2D eigenvalue weighted by molar-refractivity contribution is 0.102. The second-order valence-corrected chi connectivity index (χ2v) is 5.41. The Balaban J connectivity index is 2.21. The lowest BCUT2D eigenvalue weighted by Gasteiger charge is -2.10. The number of benzene rings is 2. The summed E-state index contributed by atoms with van der Waals surface area (Å²) in [6.45, 7) is 0. The van der Waals surface area contributed by atoms with Crippen LogP contribution in [-0.2, 0) is 0 Å². The average Bonchev–Trinajstić information content (AvgIpc) is 2.50. The van der Waals surface area contributed by atoms with Crippen LogP contribution in [0.4, 0.5) is 5.69 Å². The third-order valence-electron chi connectivity index (χ3n) is 2.82. The van der Waals surface area contributed by atoms with Crippen molar-refractivity contribution in [3.05, 3.63) is 51.5 Å². The molecule has 0 aliphatic carbocycles. The van der Waals surface area contributed by atoms with E-state index in [-0.39, 0.29) is 5.91 Å². The van der Waals surface area contributed by atoms with Crippen molar-refractivity contribution in [2.24, 2.45) is 0 Å². The topological polar surface area (TPSA) is 47.6 Å². The highest BCUT2D eigenvalue weighted by molar-refractivity contribution is 9.10. The van der Waals surface area contributed by atoms with Crippen molar-refractivity contribution in [2.75, 3.05) is 19.5 Å². The molecule has 0 radical (unpaired) electrons. The van der Waals surface area contributed by atoms with E-state index in [1.165, 1.54) is 7.11 Å². The van der Waals surface area contributed by atoms with Crippen LogP contribution in [0.15, 0.2) is 40.9 Å². The number of amides is 1. The number of halogens is 2. The van der Waals surface area contributed by atoms with Gasteiger partial charge in [0.1, 0.15) is 0 Å². The van der Waals surface area contributed by atoms with Gasteiger partial charge in [0.25, 0.3) is 5.91 Å². The maximum atomic E-state index is 12.2. The molecule has 0 aromatic heterocycles. The fourth-order valence-electron chi connectivity index (χ4n) is 1.75. The van der Waals surface area contributed by atoms with Crippen LogP contribution in [0.3, 0.4) is 0 Å².